The van der Waals surface area contributed by atoms with Crippen molar-refractivity contribution in [2.75, 3.05) is 0 Å². The molecule has 17 aromatic carbocycles. The monoisotopic (exact) mass is 1130 g/mol. The quantitative estimate of drug-likeness (QED) is 0.134. The summed E-state index contributed by atoms with van der Waals surface area (Å²) in [6.07, 6.45) is 0. The lowest BCUT2D eigenvalue weighted by Gasteiger charge is -2.17. The lowest BCUT2D eigenvalue weighted by molar-refractivity contribution is 1.20. The first-order chi connectivity index (χ1) is 44.1. The van der Waals surface area contributed by atoms with Gasteiger partial charge in [0.1, 0.15) is 0 Å². The van der Waals surface area contributed by atoms with E-state index in [4.69, 9.17) is 0 Å². The first-order valence-corrected chi connectivity index (χ1v) is 30.9. The van der Waals surface area contributed by atoms with Crippen molar-refractivity contribution in [1.82, 2.24) is 4.57 Å². The Balaban J connectivity index is 0.870. The average Bonchev–Trinajstić information content (AvgIpc) is 2.64. The lowest BCUT2D eigenvalue weighted by atomic mass is 9.87. The Hall–Kier alpha value is -11.6. The SMILES string of the molecule is c1ccc(-c2cc(-c3cc4ccccc4c4ccccc34)ccc2-c2ccc3c(c2)c2cc(-c4ccc(-c5cc6ccccc6c6ccccc56)cc4-c4ccccc4)ccc2n3-c2ccc(-c3cc4ccccc4c4ccccc34)c3ccccc23)cc1. The molecule has 0 aliphatic heterocycles. The van der Waals surface area contributed by atoms with Crippen LogP contribution in [0.1, 0.15) is 0 Å². The van der Waals surface area contributed by atoms with Gasteiger partial charge in [-0.3, -0.25) is 0 Å². The Morgan fingerprint density at radius 1 is 0.146 bits per heavy atom. The summed E-state index contributed by atoms with van der Waals surface area (Å²) < 4.78 is 2.53. The molecule has 0 aliphatic carbocycles. The first kappa shape index (κ1) is 50.7. The van der Waals surface area contributed by atoms with E-state index in [-0.39, 0.29) is 0 Å². The van der Waals surface area contributed by atoms with Gasteiger partial charge in [-0.25, -0.2) is 0 Å². The summed E-state index contributed by atoms with van der Waals surface area (Å²) in [5.41, 5.74) is 20.2. The van der Waals surface area contributed by atoms with E-state index in [2.05, 4.69) is 338 Å². The third-order valence-electron chi connectivity index (χ3n) is 19.0. The van der Waals surface area contributed by atoms with Gasteiger partial charge >= 0.3 is 0 Å². The standard InChI is InChI=1S/C88H55N/c1-3-21-56(22-4-1)79-51-63(81-49-58-25-7-10-28-65(58)70-31-13-16-35-74(70)81)39-43-68(79)61-41-46-87-84(54-61)85-55-62(69-44-40-64(52-80(69)57-23-5-2-6-24-57)82-50-59-26-8-11-29-66(59)71-32-14-17-36-75(71)82)42-47-88(85)89(87)86-48-45-77(73-34-19-20-38-78(73)86)83-53-60-27-9-12-30-67(60)72-33-15-18-37-76(72)83/h1-55H. The molecule has 1 heteroatoms. The zero-order valence-electron chi connectivity index (χ0n) is 48.7. The molecule has 0 amide bonds. The fourth-order valence-electron chi connectivity index (χ4n) is 14.8. The number of benzene rings is 17. The Morgan fingerprint density at radius 3 is 0.899 bits per heavy atom. The van der Waals surface area contributed by atoms with Crippen LogP contribution in [0, 0.1) is 0 Å². The van der Waals surface area contributed by atoms with E-state index in [0.29, 0.717) is 0 Å². The second-order valence-electron chi connectivity index (χ2n) is 23.8. The Labute approximate surface area is 515 Å². The molecule has 18 aromatic rings. The van der Waals surface area contributed by atoms with E-state index >= 15 is 0 Å². The molecule has 1 nitrogen and oxygen atoms in total. The minimum atomic E-state index is 1.14. The van der Waals surface area contributed by atoms with Crippen LogP contribution in [0.3, 0.4) is 0 Å². The summed E-state index contributed by atoms with van der Waals surface area (Å²) >= 11 is 0. The molecule has 0 saturated heterocycles. The van der Waals surface area contributed by atoms with Crippen LogP contribution in [0.4, 0.5) is 0 Å². The molecule has 0 saturated carbocycles. The van der Waals surface area contributed by atoms with Gasteiger partial charge in [-0.15, -0.1) is 0 Å². The average molecular weight is 1130 g/mol. The minimum Gasteiger partial charge on any atom is -0.309 e. The zero-order chi connectivity index (χ0) is 58.5. The maximum absolute atomic E-state index is 2.53. The molecule has 0 bridgehead atoms. The zero-order valence-corrected chi connectivity index (χ0v) is 48.7. The van der Waals surface area contributed by atoms with Crippen molar-refractivity contribution in [3.8, 4) is 83.6 Å². The predicted octanol–water partition coefficient (Wildman–Crippen LogP) is 24.5. The number of hydrogen-bond donors (Lipinski definition) is 0. The highest BCUT2D eigenvalue weighted by Gasteiger charge is 2.22. The molecule has 1 heterocycles. The van der Waals surface area contributed by atoms with Crippen molar-refractivity contribution in [1.29, 1.82) is 0 Å². The molecular weight excluding hydrogens is 1070 g/mol. The summed E-state index contributed by atoms with van der Waals surface area (Å²) in [7, 11) is 0. The van der Waals surface area contributed by atoms with Crippen LogP contribution in [0.15, 0.2) is 334 Å². The Bertz CT molecular complexity index is 5640. The molecule has 412 valence electrons. The second-order valence-corrected chi connectivity index (χ2v) is 23.8. The molecule has 89 heavy (non-hydrogen) atoms. The van der Waals surface area contributed by atoms with Gasteiger partial charge in [-0.1, -0.05) is 273 Å². The largest absolute Gasteiger partial charge is 0.309 e. The van der Waals surface area contributed by atoms with Crippen molar-refractivity contribution >= 4 is 97.2 Å². The van der Waals surface area contributed by atoms with E-state index in [1.54, 1.807) is 0 Å². The van der Waals surface area contributed by atoms with Gasteiger partial charge in [-0.2, -0.15) is 0 Å². The first-order valence-electron chi connectivity index (χ1n) is 30.9. The van der Waals surface area contributed by atoms with E-state index < -0.39 is 0 Å². The summed E-state index contributed by atoms with van der Waals surface area (Å²) in [4.78, 5) is 0. The summed E-state index contributed by atoms with van der Waals surface area (Å²) in [5.74, 6) is 0. The topological polar surface area (TPSA) is 4.93 Å². The maximum atomic E-state index is 2.53. The fraction of sp³-hybridized carbons (Fsp3) is 0. The van der Waals surface area contributed by atoms with Crippen LogP contribution in [0.25, 0.3) is 181 Å². The number of hydrogen-bond acceptors (Lipinski definition) is 0. The normalized spacial score (nSPS) is 11.8. The number of aromatic nitrogens is 1. The smallest absolute Gasteiger partial charge is 0.0541 e. The molecule has 0 spiro atoms. The number of rotatable bonds is 8. The van der Waals surface area contributed by atoms with E-state index in [1.807, 2.05) is 0 Å². The highest BCUT2D eigenvalue weighted by Crippen LogP contribution is 2.47. The van der Waals surface area contributed by atoms with Crippen LogP contribution in [-0.2, 0) is 0 Å². The molecule has 0 N–H and O–H groups in total. The Morgan fingerprint density at radius 2 is 0.461 bits per heavy atom. The lowest BCUT2D eigenvalue weighted by Crippen LogP contribution is -1.97. The predicted molar refractivity (Wildman–Crippen MR) is 381 cm³/mol. The highest BCUT2D eigenvalue weighted by molar-refractivity contribution is 6.20. The van der Waals surface area contributed by atoms with Crippen molar-refractivity contribution in [2.45, 2.75) is 0 Å². The molecule has 0 atom stereocenters. The van der Waals surface area contributed by atoms with E-state index in [0.717, 1.165) is 27.8 Å². The summed E-state index contributed by atoms with van der Waals surface area (Å²) in [6.45, 7) is 0. The van der Waals surface area contributed by atoms with Gasteiger partial charge in [0.2, 0.25) is 0 Å². The van der Waals surface area contributed by atoms with Gasteiger partial charge in [-0.05, 0) is 209 Å². The molecule has 0 unspecified atom stereocenters. The van der Waals surface area contributed by atoms with Crippen molar-refractivity contribution in [3.05, 3.63) is 334 Å². The molecule has 18 rings (SSSR count). The molecule has 0 radical (unpaired) electrons. The van der Waals surface area contributed by atoms with Crippen molar-refractivity contribution in [2.24, 2.45) is 0 Å². The summed E-state index contributed by atoms with van der Waals surface area (Å²) in [5, 5.41) is 19.9. The highest BCUT2D eigenvalue weighted by atomic mass is 15.0. The second kappa shape index (κ2) is 20.5. The molecule has 0 aliphatic rings. The Kier molecular flexibility index (Phi) is 11.7. The van der Waals surface area contributed by atoms with Gasteiger partial charge < -0.3 is 4.57 Å². The maximum Gasteiger partial charge on any atom is 0.0541 e. The van der Waals surface area contributed by atoms with Gasteiger partial charge in [0.05, 0.1) is 16.7 Å². The van der Waals surface area contributed by atoms with Crippen LogP contribution >= 0.6 is 0 Å². The van der Waals surface area contributed by atoms with Crippen LogP contribution < -0.4 is 0 Å². The van der Waals surface area contributed by atoms with Gasteiger partial charge in [0, 0.05) is 16.2 Å². The summed E-state index contributed by atoms with van der Waals surface area (Å²) in [6, 6.07) is 124. The van der Waals surface area contributed by atoms with E-state index in [1.165, 1.54) is 153 Å². The van der Waals surface area contributed by atoms with Gasteiger partial charge in [0.15, 0.2) is 0 Å². The van der Waals surface area contributed by atoms with Gasteiger partial charge in [0.25, 0.3) is 0 Å². The van der Waals surface area contributed by atoms with Crippen LogP contribution in [-0.4, -0.2) is 4.57 Å². The number of nitrogens with zero attached hydrogens (tertiary/aromatic N) is 1. The molecular formula is C88H55N. The van der Waals surface area contributed by atoms with Crippen LogP contribution in [0.2, 0.25) is 0 Å². The van der Waals surface area contributed by atoms with Crippen molar-refractivity contribution < 1.29 is 0 Å². The van der Waals surface area contributed by atoms with Crippen molar-refractivity contribution in [3.63, 3.8) is 0 Å². The van der Waals surface area contributed by atoms with E-state index in [9.17, 15) is 0 Å². The molecule has 0 fully saturated rings. The number of fused-ring (bicyclic) bond motifs is 13. The third-order valence-corrected chi connectivity index (χ3v) is 19.0. The fourth-order valence-corrected chi connectivity index (χ4v) is 14.8. The minimum absolute atomic E-state index is 1.14. The third kappa shape index (κ3) is 8.24. The molecule has 1 aromatic heterocycles. The van der Waals surface area contributed by atoms with Crippen LogP contribution in [0.5, 0.6) is 0 Å².